The average Bonchev–Trinajstić information content (AvgIpc) is 2.40. The quantitative estimate of drug-likeness (QED) is 0.642. The molecule has 0 aromatic carbocycles. The summed E-state index contributed by atoms with van der Waals surface area (Å²) in [4.78, 5) is 13.2. The molecule has 20 heavy (non-hydrogen) atoms. The predicted molar refractivity (Wildman–Crippen MR) is 77.9 cm³/mol. The number of methoxy groups -OCH3 is 1. The molecule has 0 radical (unpaired) electrons. The summed E-state index contributed by atoms with van der Waals surface area (Å²) in [5.41, 5.74) is 0. The van der Waals surface area contributed by atoms with Crippen LogP contribution in [0.3, 0.4) is 0 Å². The third-order valence-corrected chi connectivity index (χ3v) is 5.74. The molecule has 0 N–H and O–H groups in total. The molecule has 0 aliphatic carbocycles. The van der Waals surface area contributed by atoms with Crippen LogP contribution in [0.15, 0.2) is 0 Å². The highest BCUT2D eigenvalue weighted by atomic mass is 32.2. The molecule has 7 heteroatoms. The standard InChI is InChI=1S/C13H26N2O4S/c1-14-8-6-12(7-9-14)11-15(2)20(17,18)10-4-5-13(16)19-3/h12H,4-11H2,1-3H3. The molecule has 0 unspecified atom stereocenters. The Morgan fingerprint density at radius 1 is 1.35 bits per heavy atom. The Labute approximate surface area is 122 Å². The lowest BCUT2D eigenvalue weighted by Crippen LogP contribution is -2.38. The van der Waals surface area contributed by atoms with E-state index in [4.69, 9.17) is 0 Å². The van der Waals surface area contributed by atoms with Gasteiger partial charge in [0.25, 0.3) is 0 Å². The van der Waals surface area contributed by atoms with Crippen molar-refractivity contribution in [1.29, 1.82) is 0 Å². The zero-order valence-electron chi connectivity index (χ0n) is 12.7. The van der Waals surface area contributed by atoms with Crippen LogP contribution < -0.4 is 0 Å². The van der Waals surface area contributed by atoms with Crippen LogP contribution in [0.25, 0.3) is 0 Å². The normalized spacial score (nSPS) is 18.4. The van der Waals surface area contributed by atoms with E-state index in [1.165, 1.54) is 11.4 Å². The van der Waals surface area contributed by atoms with Crippen LogP contribution in [0.5, 0.6) is 0 Å². The van der Waals surface area contributed by atoms with E-state index in [2.05, 4.69) is 16.7 Å². The van der Waals surface area contributed by atoms with E-state index in [0.29, 0.717) is 18.9 Å². The number of ether oxygens (including phenoxy) is 1. The first-order valence-electron chi connectivity index (χ1n) is 7.04. The number of carbonyl (C=O) groups is 1. The molecule has 1 fully saturated rings. The van der Waals surface area contributed by atoms with Gasteiger partial charge in [-0.2, -0.15) is 0 Å². The number of esters is 1. The smallest absolute Gasteiger partial charge is 0.305 e. The van der Waals surface area contributed by atoms with Crippen molar-refractivity contribution in [3.05, 3.63) is 0 Å². The molecule has 1 aliphatic rings. The molecule has 1 saturated heterocycles. The Hall–Kier alpha value is -0.660. The number of rotatable bonds is 7. The van der Waals surface area contributed by atoms with Crippen LogP contribution in [0.1, 0.15) is 25.7 Å². The number of carbonyl (C=O) groups excluding carboxylic acids is 1. The van der Waals surface area contributed by atoms with E-state index in [0.717, 1.165) is 25.9 Å². The van der Waals surface area contributed by atoms with Gasteiger partial charge in [-0.25, -0.2) is 12.7 Å². The molecule has 6 nitrogen and oxygen atoms in total. The molecular weight excluding hydrogens is 280 g/mol. The second kappa shape index (κ2) is 7.95. The van der Waals surface area contributed by atoms with Gasteiger partial charge >= 0.3 is 5.97 Å². The minimum Gasteiger partial charge on any atom is -0.469 e. The van der Waals surface area contributed by atoms with Crippen LogP contribution in [0.2, 0.25) is 0 Å². The molecule has 1 heterocycles. The summed E-state index contributed by atoms with van der Waals surface area (Å²) in [5, 5.41) is 0. The largest absolute Gasteiger partial charge is 0.469 e. The third-order valence-electron chi connectivity index (χ3n) is 3.84. The Bertz CT molecular complexity index is 403. The topological polar surface area (TPSA) is 66.9 Å². The molecule has 0 spiro atoms. The summed E-state index contributed by atoms with van der Waals surface area (Å²) in [5.74, 6) is 0.0790. The van der Waals surface area contributed by atoms with Crippen molar-refractivity contribution >= 4 is 16.0 Å². The van der Waals surface area contributed by atoms with Crippen molar-refractivity contribution in [1.82, 2.24) is 9.21 Å². The molecule has 0 aromatic heterocycles. The monoisotopic (exact) mass is 306 g/mol. The van der Waals surface area contributed by atoms with Gasteiger partial charge in [-0.1, -0.05) is 0 Å². The molecule has 118 valence electrons. The highest BCUT2D eigenvalue weighted by molar-refractivity contribution is 7.89. The molecule has 0 atom stereocenters. The summed E-state index contributed by atoms with van der Waals surface area (Å²) in [6.07, 6.45) is 2.54. The first-order chi connectivity index (χ1) is 9.35. The van der Waals surface area contributed by atoms with Crippen LogP contribution in [0, 0.1) is 5.92 Å². The molecule has 1 rings (SSSR count). The van der Waals surface area contributed by atoms with E-state index >= 15 is 0 Å². The summed E-state index contributed by atoms with van der Waals surface area (Å²) in [7, 11) is 1.76. The molecule has 0 saturated carbocycles. The number of likely N-dealkylation sites (tertiary alicyclic amines) is 1. The van der Waals surface area contributed by atoms with E-state index < -0.39 is 10.0 Å². The Kier molecular flexibility index (Phi) is 6.91. The van der Waals surface area contributed by atoms with Crippen molar-refractivity contribution in [2.24, 2.45) is 5.92 Å². The van der Waals surface area contributed by atoms with E-state index in [-0.39, 0.29) is 18.1 Å². The van der Waals surface area contributed by atoms with Gasteiger partial charge < -0.3 is 9.64 Å². The predicted octanol–water partition coefficient (Wildman–Crippen LogP) is 0.543. The Morgan fingerprint density at radius 2 is 1.95 bits per heavy atom. The van der Waals surface area contributed by atoms with Gasteiger partial charge in [-0.3, -0.25) is 4.79 Å². The first-order valence-corrected chi connectivity index (χ1v) is 8.65. The molecule has 0 aromatic rings. The fourth-order valence-corrected chi connectivity index (χ4v) is 3.64. The van der Waals surface area contributed by atoms with Crippen molar-refractivity contribution in [3.8, 4) is 0 Å². The fraction of sp³-hybridized carbons (Fsp3) is 0.923. The van der Waals surface area contributed by atoms with Gasteiger partial charge in [0.2, 0.25) is 10.0 Å². The summed E-state index contributed by atoms with van der Waals surface area (Å²) < 4.78 is 30.2. The number of nitrogens with zero attached hydrogens (tertiary/aromatic N) is 2. The van der Waals surface area contributed by atoms with Crippen molar-refractivity contribution < 1.29 is 17.9 Å². The van der Waals surface area contributed by atoms with E-state index in [1.807, 2.05) is 0 Å². The number of piperidine rings is 1. The maximum atomic E-state index is 12.1. The molecule has 1 aliphatic heterocycles. The minimum atomic E-state index is -3.27. The number of hydrogen-bond donors (Lipinski definition) is 0. The summed E-state index contributed by atoms with van der Waals surface area (Å²) in [6, 6.07) is 0. The second-order valence-electron chi connectivity index (χ2n) is 5.52. The van der Waals surface area contributed by atoms with E-state index in [1.54, 1.807) is 7.05 Å². The minimum absolute atomic E-state index is 0.00518. The van der Waals surface area contributed by atoms with Crippen molar-refractivity contribution in [2.45, 2.75) is 25.7 Å². The van der Waals surface area contributed by atoms with Crippen LogP contribution >= 0.6 is 0 Å². The maximum absolute atomic E-state index is 12.1. The zero-order valence-corrected chi connectivity index (χ0v) is 13.5. The summed E-state index contributed by atoms with van der Waals surface area (Å²) >= 11 is 0. The van der Waals surface area contributed by atoms with Gasteiger partial charge in [-0.15, -0.1) is 0 Å². The lowest BCUT2D eigenvalue weighted by molar-refractivity contribution is -0.140. The maximum Gasteiger partial charge on any atom is 0.305 e. The lowest BCUT2D eigenvalue weighted by atomic mass is 9.97. The van der Waals surface area contributed by atoms with Crippen molar-refractivity contribution in [3.63, 3.8) is 0 Å². The number of hydrogen-bond acceptors (Lipinski definition) is 5. The van der Waals surface area contributed by atoms with Gasteiger partial charge in [0.15, 0.2) is 0 Å². The first kappa shape index (κ1) is 17.4. The molecule has 0 amide bonds. The van der Waals surface area contributed by atoms with Gasteiger partial charge in [0.05, 0.1) is 12.9 Å². The van der Waals surface area contributed by atoms with Crippen molar-refractivity contribution in [2.75, 3.05) is 46.6 Å². The van der Waals surface area contributed by atoms with Gasteiger partial charge in [0.1, 0.15) is 0 Å². The summed E-state index contributed by atoms with van der Waals surface area (Å²) in [6.45, 7) is 2.64. The third kappa shape index (κ3) is 5.76. The van der Waals surface area contributed by atoms with Gasteiger partial charge in [0, 0.05) is 20.0 Å². The average molecular weight is 306 g/mol. The van der Waals surface area contributed by atoms with Crippen LogP contribution in [-0.4, -0.2) is 70.2 Å². The second-order valence-corrected chi connectivity index (χ2v) is 7.72. The molecular formula is C13H26N2O4S. The number of sulfonamides is 1. The lowest BCUT2D eigenvalue weighted by Gasteiger charge is -2.31. The van der Waals surface area contributed by atoms with Gasteiger partial charge in [-0.05, 0) is 45.3 Å². The van der Waals surface area contributed by atoms with Crippen LogP contribution in [-0.2, 0) is 19.6 Å². The highest BCUT2D eigenvalue weighted by Crippen LogP contribution is 2.18. The zero-order chi connectivity index (χ0) is 15.2. The SMILES string of the molecule is COC(=O)CCCS(=O)(=O)N(C)CC1CCN(C)CC1. The van der Waals surface area contributed by atoms with Crippen LogP contribution in [0.4, 0.5) is 0 Å². The Balaban J connectivity index is 2.36. The fourth-order valence-electron chi connectivity index (χ4n) is 2.38. The van der Waals surface area contributed by atoms with E-state index in [9.17, 15) is 13.2 Å². The molecule has 0 bridgehead atoms. The Morgan fingerprint density at radius 3 is 2.50 bits per heavy atom. The highest BCUT2D eigenvalue weighted by Gasteiger charge is 2.24.